The second-order valence-electron chi connectivity index (χ2n) is 4.84. The molecule has 4 heteroatoms. The third-order valence-electron chi connectivity index (χ3n) is 3.47. The molecule has 0 N–H and O–H groups in total. The number of hydrogen-bond donors (Lipinski definition) is 0. The Hall–Kier alpha value is -0.610. The summed E-state index contributed by atoms with van der Waals surface area (Å²) in [6.45, 7) is 12.9. The third-order valence-corrected chi connectivity index (χ3v) is 3.47. The summed E-state index contributed by atoms with van der Waals surface area (Å²) in [6, 6.07) is 0.545. The van der Waals surface area contributed by atoms with Crippen molar-refractivity contribution >= 4 is 5.97 Å². The van der Waals surface area contributed by atoms with Gasteiger partial charge in [0.05, 0.1) is 6.61 Å². The number of ether oxygens (including phenoxy) is 1. The average molecular weight is 242 g/mol. The second kappa shape index (κ2) is 6.97. The molecule has 0 aliphatic carbocycles. The highest BCUT2D eigenvalue weighted by Crippen LogP contribution is 2.12. The van der Waals surface area contributed by atoms with E-state index in [1.807, 2.05) is 6.92 Å². The number of esters is 1. The largest absolute Gasteiger partial charge is 0.465 e. The van der Waals surface area contributed by atoms with Gasteiger partial charge in [-0.1, -0.05) is 6.92 Å². The molecular weight excluding hydrogens is 216 g/mol. The molecule has 4 nitrogen and oxygen atoms in total. The molecule has 1 rings (SSSR count). The van der Waals surface area contributed by atoms with Gasteiger partial charge in [0.15, 0.2) is 0 Å². The van der Waals surface area contributed by atoms with Crippen molar-refractivity contribution in [1.29, 1.82) is 0 Å². The molecule has 1 heterocycles. The van der Waals surface area contributed by atoms with Gasteiger partial charge in [0.2, 0.25) is 0 Å². The normalized spacial score (nSPS) is 20.5. The molecule has 0 bridgehead atoms. The van der Waals surface area contributed by atoms with Crippen LogP contribution in [-0.2, 0) is 9.53 Å². The minimum Gasteiger partial charge on any atom is -0.465 e. The molecule has 1 atom stereocenters. The van der Waals surface area contributed by atoms with Gasteiger partial charge in [-0.25, -0.2) is 0 Å². The number of carbonyl (C=O) groups excluding carboxylic acids is 1. The molecule has 0 aromatic heterocycles. The summed E-state index contributed by atoms with van der Waals surface area (Å²) in [5.41, 5.74) is 0. The molecule has 0 radical (unpaired) electrons. The highest BCUT2D eigenvalue weighted by Gasteiger charge is 2.29. The Morgan fingerprint density at radius 1 is 1.12 bits per heavy atom. The van der Waals surface area contributed by atoms with Crippen LogP contribution in [0.1, 0.15) is 34.1 Å². The molecule has 0 aromatic rings. The molecule has 17 heavy (non-hydrogen) atoms. The highest BCUT2D eigenvalue weighted by atomic mass is 16.5. The number of rotatable bonds is 5. The minimum absolute atomic E-state index is 0.0516. The Balaban J connectivity index is 2.47. The summed E-state index contributed by atoms with van der Waals surface area (Å²) in [4.78, 5) is 16.5. The standard InChI is InChI=1S/C13H26N2O2/c1-5-12(13(16)17-6-2)15-9-7-14(8-10-15)11(3)4/h11-12H,5-10H2,1-4H3. The van der Waals surface area contributed by atoms with Crippen LogP contribution in [0, 0.1) is 0 Å². The van der Waals surface area contributed by atoms with E-state index >= 15 is 0 Å². The van der Waals surface area contributed by atoms with Gasteiger partial charge in [-0.05, 0) is 27.2 Å². The number of piperazine rings is 1. The van der Waals surface area contributed by atoms with Crippen molar-refractivity contribution in [1.82, 2.24) is 9.80 Å². The molecular formula is C13H26N2O2. The molecule has 0 saturated carbocycles. The van der Waals surface area contributed by atoms with Crippen LogP contribution in [0.5, 0.6) is 0 Å². The van der Waals surface area contributed by atoms with Crippen molar-refractivity contribution in [2.75, 3.05) is 32.8 Å². The van der Waals surface area contributed by atoms with E-state index in [9.17, 15) is 4.79 Å². The zero-order valence-corrected chi connectivity index (χ0v) is 11.6. The molecule has 0 aromatic carbocycles. The fourth-order valence-corrected chi connectivity index (χ4v) is 2.38. The summed E-state index contributed by atoms with van der Waals surface area (Å²) in [5, 5.41) is 0. The van der Waals surface area contributed by atoms with Crippen LogP contribution >= 0.6 is 0 Å². The summed E-state index contributed by atoms with van der Waals surface area (Å²) in [5.74, 6) is -0.0620. The van der Waals surface area contributed by atoms with E-state index in [4.69, 9.17) is 4.74 Å². The number of nitrogens with zero attached hydrogens (tertiary/aromatic N) is 2. The molecule has 1 fully saturated rings. The van der Waals surface area contributed by atoms with Gasteiger partial charge in [0.1, 0.15) is 6.04 Å². The fraction of sp³-hybridized carbons (Fsp3) is 0.923. The van der Waals surface area contributed by atoms with Crippen LogP contribution in [0.15, 0.2) is 0 Å². The van der Waals surface area contributed by atoms with Crippen molar-refractivity contribution in [3.05, 3.63) is 0 Å². The lowest BCUT2D eigenvalue weighted by Crippen LogP contribution is -2.54. The van der Waals surface area contributed by atoms with Crippen molar-refractivity contribution in [3.63, 3.8) is 0 Å². The average Bonchev–Trinajstić information content (AvgIpc) is 2.31. The van der Waals surface area contributed by atoms with Crippen molar-refractivity contribution in [2.24, 2.45) is 0 Å². The van der Waals surface area contributed by atoms with Gasteiger partial charge < -0.3 is 4.74 Å². The van der Waals surface area contributed by atoms with E-state index in [1.54, 1.807) is 0 Å². The predicted molar refractivity (Wildman–Crippen MR) is 69.0 cm³/mol. The first-order chi connectivity index (χ1) is 8.10. The minimum atomic E-state index is -0.0620. The first-order valence-electron chi connectivity index (χ1n) is 6.74. The van der Waals surface area contributed by atoms with Gasteiger partial charge in [-0.15, -0.1) is 0 Å². The Labute approximate surface area is 105 Å². The van der Waals surface area contributed by atoms with E-state index in [0.717, 1.165) is 32.6 Å². The lowest BCUT2D eigenvalue weighted by Gasteiger charge is -2.39. The van der Waals surface area contributed by atoms with Gasteiger partial charge in [0, 0.05) is 32.2 Å². The quantitative estimate of drug-likeness (QED) is 0.681. The topological polar surface area (TPSA) is 32.8 Å². The maximum atomic E-state index is 11.8. The second-order valence-corrected chi connectivity index (χ2v) is 4.84. The predicted octanol–water partition coefficient (Wildman–Crippen LogP) is 1.35. The summed E-state index contributed by atoms with van der Waals surface area (Å²) in [7, 11) is 0. The van der Waals surface area contributed by atoms with Crippen LogP contribution in [-0.4, -0.2) is 60.6 Å². The van der Waals surface area contributed by atoms with E-state index < -0.39 is 0 Å². The van der Waals surface area contributed by atoms with Crippen molar-refractivity contribution in [3.8, 4) is 0 Å². The monoisotopic (exact) mass is 242 g/mol. The number of carbonyl (C=O) groups is 1. The fourth-order valence-electron chi connectivity index (χ4n) is 2.38. The van der Waals surface area contributed by atoms with Crippen LogP contribution in [0.25, 0.3) is 0 Å². The maximum absolute atomic E-state index is 11.8. The van der Waals surface area contributed by atoms with Gasteiger partial charge in [-0.3, -0.25) is 14.6 Å². The zero-order valence-electron chi connectivity index (χ0n) is 11.6. The van der Waals surface area contributed by atoms with Crippen LogP contribution in [0.2, 0.25) is 0 Å². The zero-order chi connectivity index (χ0) is 12.8. The molecule has 0 amide bonds. The van der Waals surface area contributed by atoms with E-state index in [-0.39, 0.29) is 12.0 Å². The van der Waals surface area contributed by atoms with Crippen LogP contribution in [0.3, 0.4) is 0 Å². The molecule has 1 aliphatic rings. The Morgan fingerprint density at radius 2 is 1.65 bits per heavy atom. The van der Waals surface area contributed by atoms with Crippen LogP contribution < -0.4 is 0 Å². The molecule has 100 valence electrons. The van der Waals surface area contributed by atoms with Crippen molar-refractivity contribution in [2.45, 2.75) is 46.2 Å². The molecule has 1 aliphatic heterocycles. The third kappa shape index (κ3) is 3.96. The lowest BCUT2D eigenvalue weighted by atomic mass is 10.1. The van der Waals surface area contributed by atoms with E-state index in [1.165, 1.54) is 0 Å². The molecule has 1 unspecified atom stereocenters. The highest BCUT2D eigenvalue weighted by molar-refractivity contribution is 5.75. The molecule has 1 saturated heterocycles. The Kier molecular flexibility index (Phi) is 5.92. The SMILES string of the molecule is CCOC(=O)C(CC)N1CCN(C(C)C)CC1. The Morgan fingerprint density at radius 3 is 2.06 bits per heavy atom. The maximum Gasteiger partial charge on any atom is 0.323 e. The Bertz CT molecular complexity index is 236. The van der Waals surface area contributed by atoms with Gasteiger partial charge in [0.25, 0.3) is 0 Å². The summed E-state index contributed by atoms with van der Waals surface area (Å²) < 4.78 is 5.13. The van der Waals surface area contributed by atoms with E-state index in [0.29, 0.717) is 12.6 Å². The smallest absolute Gasteiger partial charge is 0.323 e. The van der Waals surface area contributed by atoms with Crippen molar-refractivity contribution < 1.29 is 9.53 Å². The van der Waals surface area contributed by atoms with Gasteiger partial charge >= 0.3 is 5.97 Å². The number of hydrogen-bond acceptors (Lipinski definition) is 4. The lowest BCUT2D eigenvalue weighted by molar-refractivity contribution is -0.150. The van der Waals surface area contributed by atoms with E-state index in [2.05, 4.69) is 30.6 Å². The first kappa shape index (κ1) is 14.5. The summed E-state index contributed by atoms with van der Waals surface area (Å²) in [6.07, 6.45) is 0.834. The first-order valence-corrected chi connectivity index (χ1v) is 6.74. The molecule has 0 spiro atoms. The van der Waals surface area contributed by atoms with Crippen LogP contribution in [0.4, 0.5) is 0 Å². The summed E-state index contributed by atoms with van der Waals surface area (Å²) >= 11 is 0. The van der Waals surface area contributed by atoms with Gasteiger partial charge in [-0.2, -0.15) is 0 Å².